The molecule has 1 heterocycles. The molecule has 8 heteroatoms. The van der Waals surface area contributed by atoms with Gasteiger partial charge < -0.3 is 11.1 Å². The van der Waals surface area contributed by atoms with Gasteiger partial charge in [0.15, 0.2) is 0 Å². The summed E-state index contributed by atoms with van der Waals surface area (Å²) in [4.78, 5) is 21.9. The molecule has 0 radical (unpaired) electrons. The van der Waals surface area contributed by atoms with Crippen LogP contribution in [0.4, 0.5) is 17.1 Å². The van der Waals surface area contributed by atoms with Crippen molar-refractivity contribution in [3.63, 3.8) is 0 Å². The smallest absolute Gasteiger partial charge is 0.292 e. The molecule has 0 bridgehead atoms. The first-order valence-corrected chi connectivity index (χ1v) is 5.75. The number of benzene rings is 1. The number of anilines is 2. The van der Waals surface area contributed by atoms with E-state index >= 15 is 0 Å². The molecule has 104 valence electrons. The van der Waals surface area contributed by atoms with E-state index in [9.17, 15) is 14.9 Å². The molecule has 3 N–H and O–H groups in total. The molecule has 0 aliphatic carbocycles. The maximum absolute atomic E-state index is 11.5. The molecular formula is C12H13N5O3. The van der Waals surface area contributed by atoms with Crippen molar-refractivity contribution < 1.29 is 9.72 Å². The zero-order valence-corrected chi connectivity index (χ0v) is 11.0. The van der Waals surface area contributed by atoms with Crippen LogP contribution in [-0.2, 0) is 7.05 Å². The number of nitrogens with two attached hydrogens (primary N) is 1. The number of para-hydroxylation sites is 2. The Hall–Kier alpha value is -2.90. The minimum absolute atomic E-state index is 0.0915. The number of hydrogen-bond donors (Lipinski definition) is 2. The van der Waals surface area contributed by atoms with Crippen LogP contribution in [0.3, 0.4) is 0 Å². The van der Waals surface area contributed by atoms with E-state index in [0.29, 0.717) is 11.4 Å². The summed E-state index contributed by atoms with van der Waals surface area (Å²) in [5.41, 5.74) is 6.55. The molecule has 0 fully saturated rings. The molecule has 0 unspecified atom stereocenters. The summed E-state index contributed by atoms with van der Waals surface area (Å²) in [6, 6.07) is 6.15. The highest BCUT2D eigenvalue weighted by atomic mass is 16.6. The Kier molecular flexibility index (Phi) is 3.38. The van der Waals surface area contributed by atoms with Crippen LogP contribution in [0.15, 0.2) is 24.3 Å². The number of aryl methyl sites for hydroxylation is 2. The average molecular weight is 275 g/mol. The van der Waals surface area contributed by atoms with Crippen LogP contribution in [0.25, 0.3) is 0 Å². The predicted molar refractivity (Wildman–Crippen MR) is 72.8 cm³/mol. The molecule has 20 heavy (non-hydrogen) atoms. The number of amides is 1. The van der Waals surface area contributed by atoms with Gasteiger partial charge in [0.2, 0.25) is 0 Å². The summed E-state index contributed by atoms with van der Waals surface area (Å²) in [5, 5.41) is 17.9. The molecule has 0 saturated carbocycles. The van der Waals surface area contributed by atoms with Crippen molar-refractivity contribution in [1.29, 1.82) is 0 Å². The van der Waals surface area contributed by atoms with Crippen molar-refractivity contribution in [2.45, 2.75) is 6.92 Å². The molecule has 1 aromatic heterocycles. The third-order valence-electron chi connectivity index (χ3n) is 2.82. The first-order chi connectivity index (χ1) is 9.41. The molecule has 0 spiro atoms. The van der Waals surface area contributed by atoms with Crippen molar-refractivity contribution in [2.75, 3.05) is 5.32 Å². The minimum atomic E-state index is -0.658. The fourth-order valence-electron chi connectivity index (χ4n) is 1.96. The summed E-state index contributed by atoms with van der Waals surface area (Å²) >= 11 is 0. The Labute approximate surface area is 114 Å². The van der Waals surface area contributed by atoms with Gasteiger partial charge in [-0.1, -0.05) is 12.1 Å². The van der Waals surface area contributed by atoms with E-state index in [2.05, 4.69) is 10.4 Å². The number of primary amides is 1. The summed E-state index contributed by atoms with van der Waals surface area (Å²) in [6.07, 6.45) is 0. The third kappa shape index (κ3) is 2.30. The molecule has 1 amide bonds. The number of aromatic nitrogens is 2. The van der Waals surface area contributed by atoms with Crippen molar-refractivity contribution >= 4 is 23.0 Å². The van der Waals surface area contributed by atoms with Gasteiger partial charge in [-0.05, 0) is 13.0 Å². The number of carbonyl (C=O) groups is 1. The maximum Gasteiger partial charge on any atom is 0.292 e. The monoisotopic (exact) mass is 275 g/mol. The maximum atomic E-state index is 11.5. The van der Waals surface area contributed by atoms with Gasteiger partial charge in [0, 0.05) is 13.1 Å². The van der Waals surface area contributed by atoms with Gasteiger partial charge in [-0.3, -0.25) is 19.6 Å². The minimum Gasteiger partial charge on any atom is -0.364 e. The highest BCUT2D eigenvalue weighted by Gasteiger charge is 2.21. The number of nitro groups is 1. The van der Waals surface area contributed by atoms with Crippen LogP contribution in [0.2, 0.25) is 0 Å². The van der Waals surface area contributed by atoms with Gasteiger partial charge in [0.25, 0.3) is 11.6 Å². The molecule has 8 nitrogen and oxygen atoms in total. The van der Waals surface area contributed by atoms with Gasteiger partial charge in [0.1, 0.15) is 11.4 Å². The Bertz CT molecular complexity index is 692. The number of nitro benzene ring substituents is 1. The molecular weight excluding hydrogens is 262 g/mol. The van der Waals surface area contributed by atoms with Crippen molar-refractivity contribution in [2.24, 2.45) is 12.8 Å². The SMILES string of the molecule is Cc1nn(C)c(C(N)=O)c1Nc1ccccc1[N+](=O)[O-]. The second kappa shape index (κ2) is 5.00. The molecule has 0 aliphatic rings. The second-order valence-electron chi connectivity index (χ2n) is 4.20. The van der Waals surface area contributed by atoms with Crippen LogP contribution >= 0.6 is 0 Å². The molecule has 0 aliphatic heterocycles. The zero-order valence-electron chi connectivity index (χ0n) is 11.0. The lowest BCUT2D eigenvalue weighted by Gasteiger charge is -2.07. The molecule has 0 atom stereocenters. The highest BCUT2D eigenvalue weighted by molar-refractivity contribution is 5.98. The van der Waals surface area contributed by atoms with Crippen molar-refractivity contribution in [3.8, 4) is 0 Å². The molecule has 2 rings (SSSR count). The zero-order chi connectivity index (χ0) is 14.9. The Morgan fingerprint density at radius 3 is 2.70 bits per heavy atom. The Morgan fingerprint density at radius 1 is 1.45 bits per heavy atom. The Balaban J connectivity index is 2.51. The average Bonchev–Trinajstić information content (AvgIpc) is 2.64. The van der Waals surface area contributed by atoms with Crippen LogP contribution in [0.5, 0.6) is 0 Å². The van der Waals surface area contributed by atoms with E-state index in [1.165, 1.54) is 10.7 Å². The van der Waals surface area contributed by atoms with Crippen LogP contribution < -0.4 is 11.1 Å². The number of rotatable bonds is 4. The van der Waals surface area contributed by atoms with Crippen LogP contribution in [-0.4, -0.2) is 20.6 Å². The third-order valence-corrected chi connectivity index (χ3v) is 2.82. The van der Waals surface area contributed by atoms with Crippen LogP contribution in [0, 0.1) is 17.0 Å². The van der Waals surface area contributed by atoms with Crippen molar-refractivity contribution in [1.82, 2.24) is 9.78 Å². The van der Waals surface area contributed by atoms with Gasteiger partial charge >= 0.3 is 0 Å². The van der Waals surface area contributed by atoms with Gasteiger partial charge in [-0.2, -0.15) is 5.10 Å². The second-order valence-corrected chi connectivity index (χ2v) is 4.20. The van der Waals surface area contributed by atoms with E-state index in [1.54, 1.807) is 32.2 Å². The summed E-state index contributed by atoms with van der Waals surface area (Å²) in [5.74, 6) is -0.658. The first-order valence-electron chi connectivity index (χ1n) is 5.75. The standard InChI is InChI=1S/C12H13N5O3/c1-7-10(11(12(13)18)16(2)15-7)14-8-5-3-4-6-9(8)17(19)20/h3-6,14H,1-2H3,(H2,13,18). The lowest BCUT2D eigenvalue weighted by molar-refractivity contribution is -0.383. The van der Waals surface area contributed by atoms with E-state index in [0.717, 1.165) is 0 Å². The fourth-order valence-corrected chi connectivity index (χ4v) is 1.96. The van der Waals surface area contributed by atoms with Crippen LogP contribution in [0.1, 0.15) is 16.2 Å². The fraction of sp³-hybridized carbons (Fsp3) is 0.167. The molecule has 2 aromatic rings. The number of nitrogens with zero attached hydrogens (tertiary/aromatic N) is 3. The van der Waals surface area contributed by atoms with Gasteiger partial charge in [0.05, 0.1) is 16.3 Å². The van der Waals surface area contributed by atoms with Gasteiger partial charge in [-0.25, -0.2) is 0 Å². The van der Waals surface area contributed by atoms with Gasteiger partial charge in [-0.15, -0.1) is 0 Å². The number of nitrogens with one attached hydrogen (secondary N) is 1. The number of carbonyl (C=O) groups excluding carboxylic acids is 1. The predicted octanol–water partition coefficient (Wildman–Crippen LogP) is 1.48. The lowest BCUT2D eigenvalue weighted by Crippen LogP contribution is -2.17. The molecule has 0 saturated heterocycles. The normalized spacial score (nSPS) is 10.3. The van der Waals surface area contributed by atoms with E-state index in [-0.39, 0.29) is 17.1 Å². The Morgan fingerprint density at radius 2 is 2.10 bits per heavy atom. The summed E-state index contributed by atoms with van der Waals surface area (Å²) in [6.45, 7) is 1.68. The largest absolute Gasteiger partial charge is 0.364 e. The quantitative estimate of drug-likeness (QED) is 0.647. The van der Waals surface area contributed by atoms with E-state index < -0.39 is 10.8 Å². The van der Waals surface area contributed by atoms with E-state index in [4.69, 9.17) is 5.73 Å². The first kappa shape index (κ1) is 13.5. The molecule has 1 aromatic carbocycles. The van der Waals surface area contributed by atoms with Crippen molar-refractivity contribution in [3.05, 3.63) is 45.8 Å². The topological polar surface area (TPSA) is 116 Å². The lowest BCUT2D eigenvalue weighted by atomic mass is 10.2. The summed E-state index contributed by atoms with van der Waals surface area (Å²) < 4.78 is 1.34. The highest BCUT2D eigenvalue weighted by Crippen LogP contribution is 2.30. The number of hydrogen-bond acceptors (Lipinski definition) is 5. The summed E-state index contributed by atoms with van der Waals surface area (Å²) in [7, 11) is 1.58. The van der Waals surface area contributed by atoms with E-state index in [1.807, 2.05) is 0 Å².